The lowest BCUT2D eigenvalue weighted by atomic mass is 10.0. The lowest BCUT2D eigenvalue weighted by Crippen LogP contribution is -2.13. The minimum absolute atomic E-state index is 0.166. The van der Waals surface area contributed by atoms with Gasteiger partial charge in [-0.25, -0.2) is 0 Å². The van der Waals surface area contributed by atoms with E-state index in [1.54, 1.807) is 31.8 Å². The van der Waals surface area contributed by atoms with Crippen LogP contribution in [0.2, 0.25) is 0 Å². The van der Waals surface area contributed by atoms with Gasteiger partial charge in [-0.15, -0.1) is 0 Å². The highest BCUT2D eigenvalue weighted by molar-refractivity contribution is 6.40. The number of carbonyl (C=O) groups excluding carboxylic acids is 1. The molecule has 0 unspecified atom stereocenters. The second-order valence-corrected chi connectivity index (χ2v) is 6.20. The van der Waals surface area contributed by atoms with Crippen molar-refractivity contribution in [3.63, 3.8) is 0 Å². The van der Waals surface area contributed by atoms with E-state index in [1.807, 2.05) is 37.3 Å². The van der Waals surface area contributed by atoms with Gasteiger partial charge in [-0.2, -0.15) is 0 Å². The Hall–Kier alpha value is -2.92. The summed E-state index contributed by atoms with van der Waals surface area (Å²) in [6.07, 6.45) is 6.71. The van der Waals surface area contributed by atoms with Crippen LogP contribution < -0.4 is 5.32 Å². The van der Waals surface area contributed by atoms with Crippen LogP contribution in [0, 0.1) is 6.92 Å². The smallest absolute Gasteiger partial charge is 0.256 e. The van der Waals surface area contributed by atoms with Crippen LogP contribution in [0.4, 0.5) is 5.69 Å². The highest BCUT2D eigenvalue weighted by Crippen LogP contribution is 2.26. The molecule has 0 saturated heterocycles. The van der Waals surface area contributed by atoms with Gasteiger partial charge in [-0.1, -0.05) is 23.7 Å². The predicted molar refractivity (Wildman–Crippen MR) is 105 cm³/mol. The molecule has 0 saturated carbocycles. The van der Waals surface area contributed by atoms with E-state index in [4.69, 9.17) is 16.3 Å². The maximum absolute atomic E-state index is 12.4. The number of halogens is 1. The molecule has 2 aromatic rings. The van der Waals surface area contributed by atoms with Crippen molar-refractivity contribution < 1.29 is 9.53 Å². The fourth-order valence-corrected chi connectivity index (χ4v) is 2.81. The number of carbonyl (C=O) groups is 1. The molecule has 132 valence electrons. The van der Waals surface area contributed by atoms with Crippen LogP contribution in [-0.2, 0) is 4.74 Å². The number of pyridine rings is 1. The molecule has 1 aromatic carbocycles. The van der Waals surface area contributed by atoms with Gasteiger partial charge < -0.3 is 10.1 Å². The summed E-state index contributed by atoms with van der Waals surface area (Å²) in [6.45, 7) is 2.28. The van der Waals surface area contributed by atoms with Crippen LogP contribution >= 0.6 is 11.6 Å². The largest absolute Gasteiger partial charge is 0.498 e. The maximum Gasteiger partial charge on any atom is 0.256 e. The summed E-state index contributed by atoms with van der Waals surface area (Å²) in [4.78, 5) is 20.6. The Kier molecular flexibility index (Phi) is 5.49. The molecule has 1 amide bonds. The average Bonchev–Trinajstić information content (AvgIpc) is 2.83. The predicted octanol–water partition coefficient (Wildman–Crippen LogP) is 4.21. The number of ether oxygens (including phenoxy) is 1. The molecule has 1 aromatic heterocycles. The number of allylic oxidation sites excluding steroid dienone is 3. The van der Waals surface area contributed by atoms with Crippen LogP contribution in [0.5, 0.6) is 0 Å². The van der Waals surface area contributed by atoms with Crippen molar-refractivity contribution in [2.75, 3.05) is 19.0 Å². The topological polar surface area (TPSA) is 63.6 Å². The fraction of sp³-hybridized carbons (Fsp3) is 0.150. The summed E-state index contributed by atoms with van der Waals surface area (Å²) in [5.41, 5.74) is 3.94. The van der Waals surface area contributed by atoms with Gasteiger partial charge in [0.25, 0.3) is 5.91 Å². The van der Waals surface area contributed by atoms with Gasteiger partial charge in [0, 0.05) is 35.4 Å². The monoisotopic (exact) mass is 367 g/mol. The third-order valence-corrected chi connectivity index (χ3v) is 4.20. The van der Waals surface area contributed by atoms with Crippen molar-refractivity contribution in [3.05, 3.63) is 76.3 Å². The summed E-state index contributed by atoms with van der Waals surface area (Å²) >= 11 is 6.13. The molecular formula is C20H18ClN3O2. The molecule has 5 nitrogen and oxygen atoms in total. The van der Waals surface area contributed by atoms with E-state index < -0.39 is 0 Å². The van der Waals surface area contributed by atoms with E-state index in [-0.39, 0.29) is 5.91 Å². The molecule has 3 rings (SSSR count). The molecule has 0 fully saturated rings. The lowest BCUT2D eigenvalue weighted by Gasteiger charge is -2.11. The number of nitrogens with zero attached hydrogens (tertiary/aromatic N) is 2. The van der Waals surface area contributed by atoms with Gasteiger partial charge in [-0.05, 0) is 42.3 Å². The normalized spacial score (nSPS) is 13.9. The molecule has 2 heterocycles. The van der Waals surface area contributed by atoms with Crippen LogP contribution in [0.1, 0.15) is 21.5 Å². The summed E-state index contributed by atoms with van der Waals surface area (Å²) in [5.74, 6) is 0.571. The average molecular weight is 368 g/mol. The molecule has 1 N–H and O–H groups in total. The highest BCUT2D eigenvalue weighted by Gasteiger charge is 2.12. The van der Waals surface area contributed by atoms with Gasteiger partial charge in [0.1, 0.15) is 5.76 Å². The maximum atomic E-state index is 12.4. The Morgan fingerprint density at radius 2 is 2.00 bits per heavy atom. The fourth-order valence-electron chi connectivity index (χ4n) is 2.64. The summed E-state index contributed by atoms with van der Waals surface area (Å²) < 4.78 is 5.44. The van der Waals surface area contributed by atoms with Crippen molar-refractivity contribution in [3.8, 4) is 0 Å². The molecule has 1 aliphatic heterocycles. The van der Waals surface area contributed by atoms with Crippen molar-refractivity contribution in [1.29, 1.82) is 0 Å². The second-order valence-electron chi connectivity index (χ2n) is 5.76. The first kappa shape index (κ1) is 17.9. The van der Waals surface area contributed by atoms with Crippen molar-refractivity contribution in [2.24, 2.45) is 4.99 Å². The summed E-state index contributed by atoms with van der Waals surface area (Å²) in [6, 6.07) is 9.22. The number of methoxy groups -OCH3 is 1. The van der Waals surface area contributed by atoms with Crippen molar-refractivity contribution in [1.82, 2.24) is 4.98 Å². The zero-order valence-electron chi connectivity index (χ0n) is 14.5. The third kappa shape index (κ3) is 4.00. The van der Waals surface area contributed by atoms with E-state index >= 15 is 0 Å². The molecule has 26 heavy (non-hydrogen) atoms. The first-order valence-corrected chi connectivity index (χ1v) is 8.43. The van der Waals surface area contributed by atoms with E-state index in [0.29, 0.717) is 22.8 Å². The molecule has 0 atom stereocenters. The molecule has 0 spiro atoms. The number of hydrogen-bond donors (Lipinski definition) is 1. The summed E-state index contributed by atoms with van der Waals surface area (Å²) in [7, 11) is 1.61. The Bertz CT molecular complexity index is 915. The van der Waals surface area contributed by atoms with Gasteiger partial charge in [0.2, 0.25) is 0 Å². The standard InChI is InChI=1S/C20H18ClN3O2/c1-13-10-22-8-7-17(13)20(25)24-16-5-3-14(4-6-16)18-9-15(21)11-23-12-19(18)26-2/h3-11H,12H2,1-2H3,(H,24,25). The zero-order valence-corrected chi connectivity index (χ0v) is 15.2. The summed E-state index contributed by atoms with van der Waals surface area (Å²) in [5, 5.41) is 3.43. The van der Waals surface area contributed by atoms with E-state index in [2.05, 4.69) is 15.3 Å². The van der Waals surface area contributed by atoms with Crippen LogP contribution in [0.15, 0.2) is 64.6 Å². The van der Waals surface area contributed by atoms with Gasteiger partial charge in [0.05, 0.1) is 18.7 Å². The minimum Gasteiger partial charge on any atom is -0.498 e. The molecule has 0 bridgehead atoms. The number of aryl methyl sites for hydroxylation is 1. The number of benzene rings is 1. The van der Waals surface area contributed by atoms with E-state index in [9.17, 15) is 4.79 Å². The molecule has 1 aliphatic rings. The third-order valence-electron chi connectivity index (χ3n) is 4.00. The van der Waals surface area contributed by atoms with Crippen LogP contribution in [-0.4, -0.2) is 30.8 Å². The first-order chi connectivity index (χ1) is 12.6. The van der Waals surface area contributed by atoms with Crippen molar-refractivity contribution >= 4 is 35.0 Å². The lowest BCUT2D eigenvalue weighted by molar-refractivity contribution is 0.102. The van der Waals surface area contributed by atoms with E-state index in [1.165, 1.54) is 0 Å². The Morgan fingerprint density at radius 1 is 1.23 bits per heavy atom. The number of aliphatic imine (C=N–C) groups is 1. The Labute approximate surface area is 157 Å². The number of hydrogen-bond acceptors (Lipinski definition) is 4. The zero-order chi connectivity index (χ0) is 18.5. The van der Waals surface area contributed by atoms with Gasteiger partial charge in [-0.3, -0.25) is 14.8 Å². The van der Waals surface area contributed by atoms with Crippen molar-refractivity contribution in [2.45, 2.75) is 6.92 Å². The van der Waals surface area contributed by atoms with Gasteiger partial charge >= 0.3 is 0 Å². The minimum atomic E-state index is -0.166. The number of anilines is 1. The van der Waals surface area contributed by atoms with Crippen LogP contribution in [0.25, 0.3) is 5.57 Å². The number of nitrogens with one attached hydrogen (secondary N) is 1. The van der Waals surface area contributed by atoms with Crippen LogP contribution in [0.3, 0.4) is 0 Å². The number of aromatic nitrogens is 1. The molecular weight excluding hydrogens is 350 g/mol. The second kappa shape index (κ2) is 7.97. The Balaban J connectivity index is 1.83. The van der Waals surface area contributed by atoms with Gasteiger partial charge in [0.15, 0.2) is 0 Å². The number of rotatable bonds is 4. The quantitative estimate of drug-likeness (QED) is 0.880. The number of amides is 1. The molecule has 6 heteroatoms. The highest BCUT2D eigenvalue weighted by atomic mass is 35.5. The molecule has 0 radical (unpaired) electrons. The molecule has 0 aliphatic carbocycles. The SMILES string of the molecule is COC1=C(c2ccc(NC(=O)c3ccncc3C)cc2)C=C(Cl)C=NC1. The Morgan fingerprint density at radius 3 is 2.69 bits per heavy atom. The first-order valence-electron chi connectivity index (χ1n) is 8.05. The van der Waals surface area contributed by atoms with E-state index in [0.717, 1.165) is 22.5 Å².